The Morgan fingerprint density at radius 2 is 1.97 bits per heavy atom. The molecule has 3 rings (SSSR count). The monoisotopic (exact) mass is 503 g/mol. The van der Waals surface area contributed by atoms with Gasteiger partial charge in [-0.05, 0) is 61.9 Å². The molecule has 3 amide bonds. The minimum atomic E-state index is -0.638. The molecule has 8 nitrogen and oxygen atoms in total. The number of rotatable bonds is 8. The van der Waals surface area contributed by atoms with Crippen molar-refractivity contribution in [3.05, 3.63) is 52.5 Å². The number of aryl methyl sites for hydroxylation is 1. The summed E-state index contributed by atoms with van der Waals surface area (Å²) in [4.78, 5) is 38.2. The largest absolute Gasteiger partial charge is 0.484 e. The van der Waals surface area contributed by atoms with Gasteiger partial charge in [-0.1, -0.05) is 15.9 Å². The minimum absolute atomic E-state index is 0.125. The molecule has 170 valence electrons. The zero-order valence-electron chi connectivity index (χ0n) is 17.9. The molecule has 0 radical (unpaired) electrons. The molecule has 0 spiro atoms. The standard InChI is InChI=1S/C23H26BrN3O5/c1-14-9-17(3-8-20(14)24)26-21(29)13-32-19-6-4-18(5-7-19)27-12-16(10-22(27)30)23(31)25-11-15(2)28/h3-9,15-16,28H,10-13H2,1-2H3,(H,25,31)(H,26,29)/t15-,16+/m0/s1. The fourth-order valence-electron chi connectivity index (χ4n) is 3.32. The van der Waals surface area contributed by atoms with Gasteiger partial charge in [-0.3, -0.25) is 14.4 Å². The summed E-state index contributed by atoms with van der Waals surface area (Å²) in [7, 11) is 0. The first-order chi connectivity index (χ1) is 15.2. The number of aliphatic hydroxyl groups excluding tert-OH is 1. The maximum atomic E-state index is 12.4. The Hall–Kier alpha value is -2.91. The van der Waals surface area contributed by atoms with E-state index in [1.807, 2.05) is 19.1 Å². The fraction of sp³-hybridized carbons (Fsp3) is 0.348. The van der Waals surface area contributed by atoms with E-state index in [9.17, 15) is 19.5 Å². The van der Waals surface area contributed by atoms with Gasteiger partial charge in [0.2, 0.25) is 11.8 Å². The zero-order chi connectivity index (χ0) is 23.3. The zero-order valence-corrected chi connectivity index (χ0v) is 19.5. The molecule has 2 atom stereocenters. The molecule has 0 aromatic heterocycles. The van der Waals surface area contributed by atoms with E-state index in [0.29, 0.717) is 17.1 Å². The van der Waals surface area contributed by atoms with Crippen molar-refractivity contribution in [3.8, 4) is 5.75 Å². The van der Waals surface area contributed by atoms with Gasteiger partial charge in [-0.2, -0.15) is 0 Å². The molecule has 1 saturated heterocycles. The first-order valence-corrected chi connectivity index (χ1v) is 11.1. The number of hydrogen-bond donors (Lipinski definition) is 3. The third-order valence-corrected chi connectivity index (χ3v) is 5.92. The highest BCUT2D eigenvalue weighted by molar-refractivity contribution is 9.10. The minimum Gasteiger partial charge on any atom is -0.484 e. The van der Waals surface area contributed by atoms with Crippen LogP contribution in [0.25, 0.3) is 0 Å². The van der Waals surface area contributed by atoms with E-state index in [1.165, 1.54) is 0 Å². The summed E-state index contributed by atoms with van der Waals surface area (Å²) in [5.41, 5.74) is 2.36. The molecule has 0 bridgehead atoms. The van der Waals surface area contributed by atoms with Crippen molar-refractivity contribution in [2.45, 2.75) is 26.4 Å². The number of halogens is 1. The smallest absolute Gasteiger partial charge is 0.262 e. The molecule has 1 heterocycles. The average molecular weight is 504 g/mol. The van der Waals surface area contributed by atoms with Crippen molar-refractivity contribution in [2.24, 2.45) is 5.92 Å². The number of carbonyl (C=O) groups is 3. The van der Waals surface area contributed by atoms with E-state index in [2.05, 4.69) is 26.6 Å². The first-order valence-electron chi connectivity index (χ1n) is 10.3. The molecule has 9 heteroatoms. The summed E-state index contributed by atoms with van der Waals surface area (Å²) in [5.74, 6) is -0.623. The third kappa shape index (κ3) is 6.30. The lowest BCUT2D eigenvalue weighted by Gasteiger charge is -2.17. The van der Waals surface area contributed by atoms with E-state index in [-0.39, 0.29) is 43.8 Å². The van der Waals surface area contributed by atoms with Gasteiger partial charge in [0.15, 0.2) is 6.61 Å². The van der Waals surface area contributed by atoms with Crippen LogP contribution in [0.2, 0.25) is 0 Å². The van der Waals surface area contributed by atoms with E-state index < -0.39 is 12.0 Å². The number of hydrogen-bond acceptors (Lipinski definition) is 5. The van der Waals surface area contributed by atoms with Gasteiger partial charge < -0.3 is 25.4 Å². The van der Waals surface area contributed by atoms with Crippen LogP contribution in [0.3, 0.4) is 0 Å². The van der Waals surface area contributed by atoms with Gasteiger partial charge in [-0.25, -0.2) is 0 Å². The Bertz CT molecular complexity index is 994. The van der Waals surface area contributed by atoms with E-state index in [0.717, 1.165) is 10.0 Å². The van der Waals surface area contributed by atoms with Crippen molar-refractivity contribution in [3.63, 3.8) is 0 Å². The van der Waals surface area contributed by atoms with Crippen LogP contribution in [0.1, 0.15) is 18.9 Å². The van der Waals surface area contributed by atoms with Crippen LogP contribution in [0.5, 0.6) is 5.75 Å². The molecule has 2 aromatic carbocycles. The highest BCUT2D eigenvalue weighted by atomic mass is 79.9. The quantitative estimate of drug-likeness (QED) is 0.513. The van der Waals surface area contributed by atoms with Gasteiger partial charge in [0.1, 0.15) is 5.75 Å². The van der Waals surface area contributed by atoms with Crippen LogP contribution in [-0.2, 0) is 14.4 Å². The summed E-state index contributed by atoms with van der Waals surface area (Å²) < 4.78 is 6.51. The number of nitrogens with one attached hydrogen (secondary N) is 2. The van der Waals surface area contributed by atoms with Gasteiger partial charge in [0, 0.05) is 35.4 Å². The summed E-state index contributed by atoms with van der Waals surface area (Å²) in [6.45, 7) is 3.81. The SMILES string of the molecule is Cc1cc(NC(=O)COc2ccc(N3C[C@H](C(=O)NC[C@H](C)O)CC3=O)cc2)ccc1Br. The maximum Gasteiger partial charge on any atom is 0.262 e. The molecule has 2 aromatic rings. The fourth-order valence-corrected chi connectivity index (χ4v) is 3.56. The summed E-state index contributed by atoms with van der Waals surface area (Å²) in [6.07, 6.45) is -0.514. The van der Waals surface area contributed by atoms with Crippen LogP contribution in [0.4, 0.5) is 11.4 Å². The predicted octanol–water partition coefficient (Wildman–Crippen LogP) is 2.62. The lowest BCUT2D eigenvalue weighted by Crippen LogP contribution is -2.36. The Labute approximate surface area is 195 Å². The van der Waals surface area contributed by atoms with Crippen LogP contribution in [-0.4, -0.2) is 48.6 Å². The molecule has 32 heavy (non-hydrogen) atoms. The van der Waals surface area contributed by atoms with Crippen LogP contribution in [0.15, 0.2) is 46.9 Å². The number of nitrogens with zero attached hydrogens (tertiary/aromatic N) is 1. The maximum absolute atomic E-state index is 12.4. The molecule has 0 aliphatic carbocycles. The van der Waals surface area contributed by atoms with Crippen molar-refractivity contribution >= 4 is 45.0 Å². The molecule has 3 N–H and O–H groups in total. The van der Waals surface area contributed by atoms with Crippen LogP contribution < -0.4 is 20.3 Å². The van der Waals surface area contributed by atoms with Crippen molar-refractivity contribution in [2.75, 3.05) is 29.9 Å². The van der Waals surface area contributed by atoms with E-state index in [1.54, 1.807) is 42.2 Å². The molecule has 1 aliphatic heterocycles. The van der Waals surface area contributed by atoms with Crippen molar-refractivity contribution < 1.29 is 24.2 Å². The predicted molar refractivity (Wildman–Crippen MR) is 125 cm³/mol. The van der Waals surface area contributed by atoms with E-state index in [4.69, 9.17) is 4.74 Å². The highest BCUT2D eigenvalue weighted by Crippen LogP contribution is 2.27. The van der Waals surface area contributed by atoms with Gasteiger partial charge in [0.05, 0.1) is 12.0 Å². The molecular formula is C23H26BrN3O5. The van der Waals surface area contributed by atoms with Gasteiger partial charge in [-0.15, -0.1) is 0 Å². The van der Waals surface area contributed by atoms with Crippen LogP contribution >= 0.6 is 15.9 Å². The first kappa shape index (κ1) is 23.7. The molecule has 0 saturated carbocycles. The third-order valence-electron chi connectivity index (χ3n) is 5.03. The van der Waals surface area contributed by atoms with Gasteiger partial charge in [0.25, 0.3) is 5.91 Å². The van der Waals surface area contributed by atoms with Gasteiger partial charge >= 0.3 is 0 Å². The summed E-state index contributed by atoms with van der Waals surface area (Å²) in [6, 6.07) is 12.3. The second kappa shape index (κ2) is 10.6. The summed E-state index contributed by atoms with van der Waals surface area (Å²) >= 11 is 3.42. The number of benzene rings is 2. The highest BCUT2D eigenvalue weighted by Gasteiger charge is 2.35. The second-order valence-electron chi connectivity index (χ2n) is 7.79. The van der Waals surface area contributed by atoms with Crippen molar-refractivity contribution in [1.29, 1.82) is 0 Å². The Morgan fingerprint density at radius 3 is 2.62 bits per heavy atom. The Kier molecular flexibility index (Phi) is 7.87. The van der Waals surface area contributed by atoms with E-state index >= 15 is 0 Å². The number of aliphatic hydroxyl groups is 1. The molecular weight excluding hydrogens is 478 g/mol. The number of amides is 3. The average Bonchev–Trinajstić information content (AvgIpc) is 3.15. The van der Waals surface area contributed by atoms with Crippen LogP contribution in [0, 0.1) is 12.8 Å². The number of ether oxygens (including phenoxy) is 1. The topological polar surface area (TPSA) is 108 Å². The van der Waals surface area contributed by atoms with Crippen molar-refractivity contribution in [1.82, 2.24) is 5.32 Å². The lowest BCUT2D eigenvalue weighted by atomic mass is 10.1. The number of anilines is 2. The summed E-state index contributed by atoms with van der Waals surface area (Å²) in [5, 5.41) is 14.7. The molecule has 0 unspecified atom stereocenters. The lowest BCUT2D eigenvalue weighted by molar-refractivity contribution is -0.126. The second-order valence-corrected chi connectivity index (χ2v) is 8.65. The Morgan fingerprint density at radius 1 is 1.25 bits per heavy atom. The normalized spacial score (nSPS) is 16.6. The molecule has 1 fully saturated rings. The Balaban J connectivity index is 1.51. The molecule has 1 aliphatic rings. The number of carbonyl (C=O) groups excluding carboxylic acids is 3.